The van der Waals surface area contributed by atoms with Crippen LogP contribution >= 0.6 is 0 Å². The first-order chi connectivity index (χ1) is 34.8. The Bertz CT molecular complexity index is 3870. The summed E-state index contributed by atoms with van der Waals surface area (Å²) < 4.78 is 93.7. The van der Waals surface area contributed by atoms with E-state index in [1.54, 1.807) is 30.3 Å². The van der Waals surface area contributed by atoms with Crippen LogP contribution in [-0.4, -0.2) is 24.1 Å². The largest absolute Gasteiger partial charge is 0.416 e. The Morgan fingerprint density at radius 3 is 1.15 bits per heavy atom. The highest BCUT2D eigenvalue weighted by molar-refractivity contribution is 6.12. The lowest BCUT2D eigenvalue weighted by Gasteiger charge is -2.19. The van der Waals surface area contributed by atoms with Gasteiger partial charge >= 0.3 is 12.4 Å². The van der Waals surface area contributed by atoms with Gasteiger partial charge < -0.3 is 9.13 Å². The van der Waals surface area contributed by atoms with E-state index in [-0.39, 0.29) is 28.6 Å². The van der Waals surface area contributed by atoms with Gasteiger partial charge in [-0.1, -0.05) is 139 Å². The van der Waals surface area contributed by atoms with Gasteiger partial charge in [0.25, 0.3) is 0 Å². The first-order valence-electron chi connectivity index (χ1n) is 23.2. The van der Waals surface area contributed by atoms with E-state index < -0.39 is 23.5 Å². The number of halogens is 6. The molecule has 0 aliphatic heterocycles. The number of fused-ring (bicyclic) bond motifs is 6. The molecule has 0 fully saturated rings. The van der Waals surface area contributed by atoms with Crippen molar-refractivity contribution in [2.75, 3.05) is 0 Å². The van der Waals surface area contributed by atoms with Crippen LogP contribution < -0.4 is 0 Å². The molecule has 0 aliphatic rings. The molecule has 0 unspecified atom stereocenters. The Hall–Kier alpha value is -8.83. The van der Waals surface area contributed by atoms with Crippen molar-refractivity contribution in [1.29, 1.82) is 0 Å². The molecular weight excluding hydrogens is 917 g/mol. The average Bonchev–Trinajstić information content (AvgIpc) is 3.90. The molecular formula is C61H39F6N5. The van der Waals surface area contributed by atoms with Gasteiger partial charge in [-0.15, -0.1) is 0 Å². The SMILES string of the molecule is Cc1cccc(-c2ccc3c(c2)c2ccccc2n3-c2ccc(C(F)(F)F)cc2-c2nc(-c3ccccc3)nc(-c3cc(C(F)(F)F)ccc3-n3c4ccccc4c4cc(-c5cccc(C)c5)ccc43)n2)c1. The van der Waals surface area contributed by atoms with Gasteiger partial charge in [-0.2, -0.15) is 26.3 Å². The Balaban J connectivity index is 1.14. The molecule has 0 atom stereocenters. The van der Waals surface area contributed by atoms with E-state index in [4.69, 9.17) is 15.0 Å². The third kappa shape index (κ3) is 7.74. The lowest BCUT2D eigenvalue weighted by atomic mass is 10.0. The van der Waals surface area contributed by atoms with Gasteiger partial charge in [-0.3, -0.25) is 0 Å². The fraction of sp³-hybridized carbons (Fsp3) is 0.0656. The monoisotopic (exact) mass is 955 g/mol. The van der Waals surface area contributed by atoms with Crippen molar-refractivity contribution < 1.29 is 26.3 Å². The molecule has 72 heavy (non-hydrogen) atoms. The van der Waals surface area contributed by atoms with Crippen LogP contribution in [0.25, 0.3) is 111 Å². The second-order valence-corrected chi connectivity index (χ2v) is 18.0. The molecule has 0 spiro atoms. The van der Waals surface area contributed by atoms with E-state index in [1.807, 2.05) is 132 Å². The smallest absolute Gasteiger partial charge is 0.309 e. The summed E-state index contributed by atoms with van der Waals surface area (Å²) in [5.41, 5.74) is 8.17. The zero-order valence-corrected chi connectivity index (χ0v) is 38.6. The van der Waals surface area contributed by atoms with E-state index in [0.717, 1.165) is 79.2 Å². The molecule has 3 heterocycles. The maximum absolute atomic E-state index is 15.0. The zero-order chi connectivity index (χ0) is 49.5. The molecule has 0 N–H and O–H groups in total. The summed E-state index contributed by atoms with van der Waals surface area (Å²) in [6.45, 7) is 4.05. The molecule has 0 radical (unpaired) electrons. The Morgan fingerprint density at radius 2 is 0.708 bits per heavy atom. The summed E-state index contributed by atoms with van der Waals surface area (Å²) in [4.78, 5) is 14.7. The maximum Gasteiger partial charge on any atom is 0.416 e. The van der Waals surface area contributed by atoms with Crippen molar-refractivity contribution in [3.8, 4) is 67.8 Å². The minimum atomic E-state index is -4.78. The van der Waals surface area contributed by atoms with Crippen molar-refractivity contribution in [2.45, 2.75) is 26.2 Å². The van der Waals surface area contributed by atoms with E-state index in [0.29, 0.717) is 39.0 Å². The number of hydrogen-bond acceptors (Lipinski definition) is 3. The number of benzene rings is 9. The fourth-order valence-electron chi connectivity index (χ4n) is 9.98. The molecule has 0 amide bonds. The summed E-state index contributed by atoms with van der Waals surface area (Å²) in [5.74, 6) is -0.288. The molecule has 9 aromatic carbocycles. The standard InChI is InChI=1S/C61H39F6N5/c1-36-12-10-16-39(30-36)41-22-26-53-47(32-41)45-18-6-8-20-51(45)71(53)55-28-24-43(60(62,63)64)34-49(55)58-68-57(38-14-4-3-5-15-38)69-59(70-58)50-35-44(61(65,66)67)25-29-56(50)72-52-21-9-7-19-46(52)48-33-42(23-27-54(48)72)40-17-11-13-37(2)31-40/h3-35H,1-2H3. The van der Waals surface area contributed by atoms with Gasteiger partial charge in [-0.25, -0.2) is 15.0 Å². The van der Waals surface area contributed by atoms with Crippen molar-refractivity contribution in [3.63, 3.8) is 0 Å². The highest BCUT2D eigenvalue weighted by Gasteiger charge is 2.34. The topological polar surface area (TPSA) is 48.5 Å². The number of hydrogen-bond donors (Lipinski definition) is 0. The number of rotatable bonds is 7. The lowest BCUT2D eigenvalue weighted by molar-refractivity contribution is -0.138. The highest BCUT2D eigenvalue weighted by Crippen LogP contribution is 2.44. The number of nitrogens with zero attached hydrogens (tertiary/aromatic N) is 5. The maximum atomic E-state index is 15.0. The minimum absolute atomic E-state index is 0.00913. The number of alkyl halides is 6. The third-order valence-corrected chi connectivity index (χ3v) is 13.3. The third-order valence-electron chi connectivity index (χ3n) is 13.3. The Labute approximate surface area is 409 Å². The van der Waals surface area contributed by atoms with Crippen LogP contribution in [-0.2, 0) is 12.4 Å². The fourth-order valence-corrected chi connectivity index (χ4v) is 9.98. The summed E-state index contributed by atoms with van der Waals surface area (Å²) >= 11 is 0. The van der Waals surface area contributed by atoms with Gasteiger partial charge in [0.1, 0.15) is 0 Å². The van der Waals surface area contributed by atoms with Crippen LogP contribution in [0.4, 0.5) is 26.3 Å². The highest BCUT2D eigenvalue weighted by atomic mass is 19.4. The minimum Gasteiger partial charge on any atom is -0.309 e. The summed E-state index contributed by atoms with van der Waals surface area (Å²) in [7, 11) is 0. The normalized spacial score (nSPS) is 12.2. The average molecular weight is 956 g/mol. The molecule has 12 rings (SSSR count). The summed E-state index contributed by atoms with van der Waals surface area (Å²) in [5, 5.41) is 3.45. The van der Waals surface area contributed by atoms with Gasteiger partial charge in [0.2, 0.25) is 0 Å². The summed E-state index contributed by atoms with van der Waals surface area (Å²) in [6, 6.07) is 59.3. The van der Waals surface area contributed by atoms with Crippen LogP contribution in [0, 0.1) is 13.8 Å². The number of aromatic nitrogens is 5. The number of aryl methyl sites for hydroxylation is 2. The molecule has 0 aliphatic carbocycles. The van der Waals surface area contributed by atoms with Crippen LogP contribution in [0.5, 0.6) is 0 Å². The molecule has 350 valence electrons. The van der Waals surface area contributed by atoms with Crippen LogP contribution in [0.2, 0.25) is 0 Å². The quantitative estimate of drug-likeness (QED) is 0.150. The molecule has 5 nitrogen and oxygen atoms in total. The zero-order valence-electron chi connectivity index (χ0n) is 38.6. The molecule has 3 aromatic heterocycles. The first-order valence-corrected chi connectivity index (χ1v) is 23.2. The molecule has 0 saturated carbocycles. The van der Waals surface area contributed by atoms with Crippen molar-refractivity contribution in [2.24, 2.45) is 0 Å². The predicted molar refractivity (Wildman–Crippen MR) is 275 cm³/mol. The lowest BCUT2D eigenvalue weighted by Crippen LogP contribution is -2.10. The van der Waals surface area contributed by atoms with Crippen LogP contribution in [0.3, 0.4) is 0 Å². The van der Waals surface area contributed by atoms with Gasteiger partial charge in [-0.05, 0) is 109 Å². The molecule has 0 bridgehead atoms. The first kappa shape index (κ1) is 44.4. The van der Waals surface area contributed by atoms with Gasteiger partial charge in [0.05, 0.1) is 44.6 Å². The molecule has 12 aromatic rings. The van der Waals surface area contributed by atoms with Crippen LogP contribution in [0.1, 0.15) is 22.3 Å². The number of para-hydroxylation sites is 2. The van der Waals surface area contributed by atoms with E-state index in [9.17, 15) is 26.3 Å². The van der Waals surface area contributed by atoms with Gasteiger partial charge in [0, 0.05) is 38.2 Å². The summed E-state index contributed by atoms with van der Waals surface area (Å²) in [6.07, 6.45) is -9.56. The second-order valence-electron chi connectivity index (χ2n) is 18.0. The Kier molecular flexibility index (Phi) is 10.4. The van der Waals surface area contributed by atoms with Crippen molar-refractivity contribution in [3.05, 3.63) is 222 Å². The van der Waals surface area contributed by atoms with E-state index in [2.05, 4.69) is 24.3 Å². The van der Waals surface area contributed by atoms with Crippen molar-refractivity contribution in [1.82, 2.24) is 24.1 Å². The van der Waals surface area contributed by atoms with Crippen LogP contribution in [0.15, 0.2) is 200 Å². The second kappa shape index (κ2) is 16.9. The van der Waals surface area contributed by atoms with E-state index >= 15 is 0 Å². The van der Waals surface area contributed by atoms with E-state index in [1.165, 1.54) is 12.1 Å². The molecule has 0 saturated heterocycles. The Morgan fingerprint density at radius 1 is 0.319 bits per heavy atom. The predicted octanol–water partition coefficient (Wildman–Crippen LogP) is 17.1. The molecule has 11 heteroatoms. The van der Waals surface area contributed by atoms with Gasteiger partial charge in [0.15, 0.2) is 17.5 Å². The van der Waals surface area contributed by atoms with Crippen molar-refractivity contribution >= 4 is 43.6 Å².